The second kappa shape index (κ2) is 8.99. The third kappa shape index (κ3) is 32.9. The Bertz CT molecular complexity index is 184. The molecule has 0 aromatic heterocycles. The minimum atomic E-state index is -1.11. The largest absolute Gasteiger partial charge is 2.00 e. The fraction of sp³-hybridized carbons (Fsp3) is 1.00. The molecule has 0 aliphatic heterocycles. The van der Waals surface area contributed by atoms with Crippen LogP contribution in [0.1, 0.15) is 0 Å². The third-order valence-corrected chi connectivity index (χ3v) is 12.1. The number of rotatable bonds is 4. The smallest absolute Gasteiger partial charge is 0.668 e. The molecule has 2 nitrogen and oxygen atoms in total. The van der Waals surface area contributed by atoms with Crippen LogP contribution < -0.4 is 0 Å². The predicted octanol–water partition coefficient (Wildman–Crippen LogP) is 6.06. The predicted molar refractivity (Wildman–Crippen MR) is 100 cm³/mol. The SMILES string of the molecule is C[Si](C)(C)[N-][Si](C)(C)C.C[Si](C)(C)[N-][Si](C)(C)C.[Cd+2]. The van der Waals surface area contributed by atoms with Gasteiger partial charge in [0.25, 0.3) is 0 Å². The summed E-state index contributed by atoms with van der Waals surface area (Å²) in [6, 6.07) is 0. The minimum Gasteiger partial charge on any atom is -0.668 e. The van der Waals surface area contributed by atoms with Crippen LogP contribution in [0.5, 0.6) is 0 Å². The first kappa shape index (κ1) is 25.7. The summed E-state index contributed by atoms with van der Waals surface area (Å²) in [5.41, 5.74) is 0. The van der Waals surface area contributed by atoms with Crippen LogP contribution in [0.3, 0.4) is 0 Å². The molecule has 0 saturated carbocycles. The molecule has 0 fully saturated rings. The molecule has 0 bridgehead atoms. The van der Waals surface area contributed by atoms with Gasteiger partial charge in [0.15, 0.2) is 0 Å². The fourth-order valence-corrected chi connectivity index (χ4v) is 18.1. The second-order valence-electron chi connectivity index (χ2n) is 8.91. The van der Waals surface area contributed by atoms with E-state index in [1.807, 2.05) is 0 Å². The van der Waals surface area contributed by atoms with Crippen molar-refractivity contribution in [1.29, 1.82) is 0 Å². The molecule has 0 saturated heterocycles. The van der Waals surface area contributed by atoms with E-state index in [-0.39, 0.29) is 27.3 Å². The van der Waals surface area contributed by atoms with Crippen molar-refractivity contribution >= 4 is 32.9 Å². The van der Waals surface area contributed by atoms with Crippen LogP contribution >= 0.6 is 0 Å². The Morgan fingerprint density at radius 3 is 0.474 bits per heavy atom. The van der Waals surface area contributed by atoms with E-state index >= 15 is 0 Å². The molecule has 19 heavy (non-hydrogen) atoms. The molecule has 0 heterocycles. The molecule has 0 unspecified atom stereocenters. The summed E-state index contributed by atoms with van der Waals surface area (Å²) < 4.78 is 9.64. The van der Waals surface area contributed by atoms with Crippen molar-refractivity contribution in [3.8, 4) is 0 Å². The van der Waals surface area contributed by atoms with Crippen LogP contribution in [0.25, 0.3) is 9.30 Å². The van der Waals surface area contributed by atoms with Crippen molar-refractivity contribution in [3.63, 3.8) is 0 Å². The number of hydrogen-bond donors (Lipinski definition) is 0. The van der Waals surface area contributed by atoms with Crippen LogP contribution in [0.4, 0.5) is 0 Å². The van der Waals surface area contributed by atoms with E-state index < -0.39 is 32.9 Å². The van der Waals surface area contributed by atoms with Crippen molar-refractivity contribution < 1.29 is 27.3 Å². The zero-order chi connectivity index (χ0) is 15.4. The van der Waals surface area contributed by atoms with Crippen molar-refractivity contribution in [3.05, 3.63) is 9.30 Å². The molecular formula is C12H36CdN2Si4. The van der Waals surface area contributed by atoms with E-state index in [0.717, 1.165) is 0 Å². The Labute approximate surface area is 147 Å². The Kier molecular flexibility index (Phi) is 12.1. The molecule has 0 atom stereocenters. The zero-order valence-corrected chi connectivity index (χ0v) is 23.6. The van der Waals surface area contributed by atoms with E-state index in [1.165, 1.54) is 0 Å². The molecule has 0 rings (SSSR count). The van der Waals surface area contributed by atoms with Gasteiger partial charge in [-0.3, -0.25) is 0 Å². The first-order chi connectivity index (χ1) is 7.41. The summed E-state index contributed by atoms with van der Waals surface area (Å²) >= 11 is 0. The second-order valence-corrected chi connectivity index (χ2v) is 28.1. The van der Waals surface area contributed by atoms with Gasteiger partial charge in [-0.1, -0.05) is 112 Å². The van der Waals surface area contributed by atoms with Crippen molar-refractivity contribution in [1.82, 2.24) is 0 Å². The van der Waals surface area contributed by atoms with Crippen molar-refractivity contribution in [2.45, 2.75) is 78.6 Å². The molecule has 7 heteroatoms. The van der Waals surface area contributed by atoms with E-state index in [0.29, 0.717) is 0 Å². The molecule has 112 valence electrons. The zero-order valence-electron chi connectivity index (χ0n) is 15.6. The van der Waals surface area contributed by atoms with Gasteiger partial charge in [0, 0.05) is 0 Å². The number of nitrogens with zero attached hydrogens (tertiary/aromatic N) is 2. The van der Waals surface area contributed by atoms with E-state index in [2.05, 4.69) is 78.6 Å². The molecule has 0 N–H and O–H groups in total. The molecule has 0 aromatic rings. The molecule has 0 radical (unpaired) electrons. The van der Waals surface area contributed by atoms with E-state index in [9.17, 15) is 0 Å². The summed E-state index contributed by atoms with van der Waals surface area (Å²) in [5, 5.41) is 0. The Morgan fingerprint density at radius 1 is 0.368 bits per heavy atom. The molecule has 0 aliphatic carbocycles. The van der Waals surface area contributed by atoms with Crippen LogP contribution in [-0.2, 0) is 27.3 Å². The van der Waals surface area contributed by atoms with Crippen LogP contribution in [0, 0.1) is 0 Å². The third-order valence-electron chi connectivity index (χ3n) is 1.34. The maximum atomic E-state index is 4.82. The first-order valence-electron chi connectivity index (χ1n) is 6.89. The standard InChI is InChI=1S/2C6H18NSi2.Cd/c2*1-8(2,3)7-9(4,5)6;/h2*1-6H3;/q2*-1;+2. The van der Waals surface area contributed by atoms with E-state index in [1.54, 1.807) is 0 Å². The van der Waals surface area contributed by atoms with Gasteiger partial charge < -0.3 is 9.30 Å². The van der Waals surface area contributed by atoms with Gasteiger partial charge in [-0.15, -0.1) is 0 Å². The molecular weight excluding hydrogens is 397 g/mol. The summed E-state index contributed by atoms with van der Waals surface area (Å²) in [7, 11) is -4.42. The van der Waals surface area contributed by atoms with Crippen LogP contribution in [0.2, 0.25) is 78.6 Å². The van der Waals surface area contributed by atoms with Crippen LogP contribution in [0.15, 0.2) is 0 Å². The van der Waals surface area contributed by atoms with Crippen LogP contribution in [-0.4, -0.2) is 32.9 Å². The van der Waals surface area contributed by atoms with Gasteiger partial charge in [-0.05, 0) is 0 Å². The number of hydrogen-bond acceptors (Lipinski definition) is 0. The minimum absolute atomic E-state index is 0. The van der Waals surface area contributed by atoms with Gasteiger partial charge in [0.05, 0.1) is 0 Å². The average molecular weight is 433 g/mol. The topological polar surface area (TPSA) is 28.2 Å². The maximum Gasteiger partial charge on any atom is 2.00 e. The fourth-order valence-electron chi connectivity index (χ4n) is 2.01. The Balaban J connectivity index is -0.000000256. The molecule has 0 amide bonds. The molecule has 0 aliphatic rings. The average Bonchev–Trinajstić information content (AvgIpc) is 1.64. The van der Waals surface area contributed by atoms with Gasteiger partial charge >= 0.3 is 27.3 Å². The van der Waals surface area contributed by atoms with Gasteiger partial charge in [0.2, 0.25) is 0 Å². The summed E-state index contributed by atoms with van der Waals surface area (Å²) in [4.78, 5) is 0. The van der Waals surface area contributed by atoms with E-state index in [4.69, 9.17) is 9.30 Å². The monoisotopic (exact) mass is 434 g/mol. The maximum absolute atomic E-state index is 4.82. The first-order valence-corrected chi connectivity index (χ1v) is 20.7. The van der Waals surface area contributed by atoms with Crippen molar-refractivity contribution in [2.24, 2.45) is 0 Å². The van der Waals surface area contributed by atoms with Gasteiger partial charge in [-0.25, -0.2) is 0 Å². The van der Waals surface area contributed by atoms with Gasteiger partial charge in [-0.2, -0.15) is 0 Å². The quantitative estimate of drug-likeness (QED) is 0.483. The summed E-state index contributed by atoms with van der Waals surface area (Å²) in [5.74, 6) is 0. The summed E-state index contributed by atoms with van der Waals surface area (Å²) in [6.07, 6.45) is 0. The Morgan fingerprint density at radius 2 is 0.474 bits per heavy atom. The summed E-state index contributed by atoms with van der Waals surface area (Å²) in [6.45, 7) is 27.6. The molecule has 0 spiro atoms. The normalized spacial score (nSPS) is 13.3. The Hall–Kier alpha value is 1.71. The van der Waals surface area contributed by atoms with Gasteiger partial charge in [0.1, 0.15) is 0 Å². The van der Waals surface area contributed by atoms with Crippen molar-refractivity contribution in [2.75, 3.05) is 0 Å². The molecule has 0 aromatic carbocycles.